The van der Waals surface area contributed by atoms with Crippen LogP contribution in [0.1, 0.15) is 5.56 Å². The molecule has 0 unspecified atom stereocenters. The molecule has 0 aromatic heterocycles. The van der Waals surface area contributed by atoms with Gasteiger partial charge in [-0.25, -0.2) is 9.69 Å². The quantitative estimate of drug-likeness (QED) is 0.733. The van der Waals surface area contributed by atoms with Crippen molar-refractivity contribution in [3.8, 4) is 5.75 Å². The number of ether oxygens (including phenoxy) is 1. The molecule has 1 aromatic carbocycles. The number of amides is 3. The number of nitrogens with zero attached hydrogens (tertiary/aromatic N) is 1. The number of urea groups is 1. The first-order chi connectivity index (χ1) is 8.17. The third-order valence-corrected chi connectivity index (χ3v) is 2.56. The van der Waals surface area contributed by atoms with E-state index in [9.17, 15) is 9.59 Å². The summed E-state index contributed by atoms with van der Waals surface area (Å²) in [6, 6.07) is 4.70. The minimum absolute atomic E-state index is 0.0145. The highest BCUT2D eigenvalue weighted by Gasteiger charge is 2.31. The van der Waals surface area contributed by atoms with Crippen molar-refractivity contribution in [3.63, 3.8) is 0 Å². The molecule has 0 aliphatic carbocycles. The van der Waals surface area contributed by atoms with E-state index in [4.69, 9.17) is 10.5 Å². The van der Waals surface area contributed by atoms with Gasteiger partial charge in [0.05, 0.1) is 19.3 Å². The number of anilines is 1. The Morgan fingerprint density at radius 3 is 2.76 bits per heavy atom. The Kier molecular flexibility index (Phi) is 2.97. The van der Waals surface area contributed by atoms with E-state index in [1.807, 2.05) is 0 Å². The van der Waals surface area contributed by atoms with Crippen LogP contribution < -0.4 is 20.7 Å². The Bertz CT molecular complexity index is 457. The zero-order valence-corrected chi connectivity index (χ0v) is 9.40. The van der Waals surface area contributed by atoms with E-state index in [0.29, 0.717) is 18.0 Å². The molecule has 6 nitrogen and oxygen atoms in total. The zero-order valence-electron chi connectivity index (χ0n) is 9.40. The highest BCUT2D eigenvalue weighted by Crippen LogP contribution is 2.30. The van der Waals surface area contributed by atoms with Gasteiger partial charge in [-0.3, -0.25) is 4.79 Å². The molecule has 2 rings (SSSR count). The lowest BCUT2D eigenvalue weighted by atomic mass is 10.1. The summed E-state index contributed by atoms with van der Waals surface area (Å²) in [6.45, 7) is 0.386. The highest BCUT2D eigenvalue weighted by atomic mass is 16.5. The van der Waals surface area contributed by atoms with Gasteiger partial charge in [0.25, 0.3) is 5.91 Å². The van der Waals surface area contributed by atoms with Gasteiger partial charge < -0.3 is 15.8 Å². The number of nitrogens with one attached hydrogen (secondary N) is 1. The van der Waals surface area contributed by atoms with Gasteiger partial charge in [-0.05, 0) is 17.7 Å². The fourth-order valence-corrected chi connectivity index (χ4v) is 1.70. The SMILES string of the molecule is COc1cc(CN)ccc1N1C(=O)CNC1=O. The van der Waals surface area contributed by atoms with Gasteiger partial charge in [0.15, 0.2) is 0 Å². The molecule has 1 aliphatic heterocycles. The summed E-state index contributed by atoms with van der Waals surface area (Å²) in [5.41, 5.74) is 6.82. The Morgan fingerprint density at radius 1 is 1.47 bits per heavy atom. The van der Waals surface area contributed by atoms with Crippen LogP contribution in [-0.4, -0.2) is 25.6 Å². The second-order valence-corrected chi connectivity index (χ2v) is 3.60. The third kappa shape index (κ3) is 1.94. The van der Waals surface area contributed by atoms with Gasteiger partial charge in [-0.1, -0.05) is 6.07 Å². The number of nitrogens with two attached hydrogens (primary N) is 1. The number of carbonyl (C=O) groups is 2. The molecule has 1 aromatic rings. The van der Waals surface area contributed by atoms with Gasteiger partial charge in [0.1, 0.15) is 5.75 Å². The standard InChI is InChI=1S/C11H13N3O3/c1-17-9-4-7(5-12)2-3-8(9)14-10(15)6-13-11(14)16/h2-4H,5-6,12H2,1H3,(H,13,16). The van der Waals surface area contributed by atoms with Crippen LogP contribution in [0.2, 0.25) is 0 Å². The number of imide groups is 1. The maximum Gasteiger partial charge on any atom is 0.329 e. The molecule has 1 saturated heterocycles. The fourth-order valence-electron chi connectivity index (χ4n) is 1.70. The summed E-state index contributed by atoms with van der Waals surface area (Å²) in [7, 11) is 1.48. The van der Waals surface area contributed by atoms with E-state index < -0.39 is 6.03 Å². The number of methoxy groups -OCH3 is 1. The smallest absolute Gasteiger partial charge is 0.329 e. The van der Waals surface area contributed by atoms with E-state index in [-0.39, 0.29) is 12.5 Å². The Hall–Kier alpha value is -2.08. The molecular formula is C11H13N3O3. The predicted octanol–water partition coefficient (Wildman–Crippen LogP) is 0.210. The molecule has 6 heteroatoms. The van der Waals surface area contributed by atoms with Gasteiger partial charge in [-0.2, -0.15) is 0 Å². The Morgan fingerprint density at radius 2 is 2.24 bits per heavy atom. The topological polar surface area (TPSA) is 84.7 Å². The van der Waals surface area contributed by atoms with Crippen molar-refractivity contribution < 1.29 is 14.3 Å². The predicted molar refractivity (Wildman–Crippen MR) is 61.8 cm³/mol. The first-order valence-electron chi connectivity index (χ1n) is 5.15. The van der Waals surface area contributed by atoms with Crippen molar-refractivity contribution in [1.82, 2.24) is 5.32 Å². The Labute approximate surface area is 98.3 Å². The van der Waals surface area contributed by atoms with Crippen LogP contribution in [0.25, 0.3) is 0 Å². The maximum atomic E-state index is 11.6. The average molecular weight is 235 g/mol. The van der Waals surface area contributed by atoms with E-state index in [0.717, 1.165) is 10.5 Å². The number of hydrogen-bond donors (Lipinski definition) is 2. The van der Waals surface area contributed by atoms with Gasteiger partial charge in [0.2, 0.25) is 0 Å². The van der Waals surface area contributed by atoms with Crippen LogP contribution in [0, 0.1) is 0 Å². The summed E-state index contributed by atoms with van der Waals surface area (Å²) in [6.07, 6.45) is 0. The van der Waals surface area contributed by atoms with Crippen molar-refractivity contribution in [2.75, 3.05) is 18.6 Å². The lowest BCUT2D eigenvalue weighted by Gasteiger charge is -2.16. The Balaban J connectivity index is 2.44. The molecule has 0 spiro atoms. The summed E-state index contributed by atoms with van der Waals surface area (Å²) in [5.74, 6) is 0.159. The number of carbonyl (C=O) groups excluding carboxylic acids is 2. The van der Waals surface area contributed by atoms with Crippen molar-refractivity contribution in [2.24, 2.45) is 5.73 Å². The van der Waals surface area contributed by atoms with E-state index in [1.54, 1.807) is 18.2 Å². The van der Waals surface area contributed by atoms with Gasteiger partial charge in [0, 0.05) is 6.54 Å². The van der Waals surface area contributed by atoms with Crippen molar-refractivity contribution >= 4 is 17.6 Å². The summed E-state index contributed by atoms with van der Waals surface area (Å²) < 4.78 is 5.17. The molecule has 1 heterocycles. The number of benzene rings is 1. The van der Waals surface area contributed by atoms with Crippen molar-refractivity contribution in [2.45, 2.75) is 6.54 Å². The fraction of sp³-hybridized carbons (Fsp3) is 0.273. The van der Waals surface area contributed by atoms with Gasteiger partial charge in [-0.15, -0.1) is 0 Å². The molecule has 3 amide bonds. The molecule has 0 saturated carbocycles. The normalized spacial score (nSPS) is 15.1. The van der Waals surface area contributed by atoms with Crippen LogP contribution in [0.15, 0.2) is 18.2 Å². The average Bonchev–Trinajstić information content (AvgIpc) is 2.68. The number of rotatable bonds is 3. The molecule has 0 bridgehead atoms. The summed E-state index contributed by atoms with van der Waals surface area (Å²) >= 11 is 0. The van der Waals surface area contributed by atoms with E-state index >= 15 is 0 Å². The van der Waals surface area contributed by atoms with Crippen LogP contribution >= 0.6 is 0 Å². The second-order valence-electron chi connectivity index (χ2n) is 3.60. The van der Waals surface area contributed by atoms with Crippen LogP contribution in [0.5, 0.6) is 5.75 Å². The summed E-state index contributed by atoms with van der Waals surface area (Å²) in [4.78, 5) is 24.2. The monoisotopic (exact) mass is 235 g/mol. The zero-order chi connectivity index (χ0) is 12.4. The molecule has 1 aliphatic rings. The molecular weight excluding hydrogens is 222 g/mol. The van der Waals surface area contributed by atoms with E-state index in [1.165, 1.54) is 7.11 Å². The molecule has 1 fully saturated rings. The lowest BCUT2D eigenvalue weighted by Crippen LogP contribution is -2.31. The van der Waals surface area contributed by atoms with Crippen molar-refractivity contribution in [3.05, 3.63) is 23.8 Å². The second kappa shape index (κ2) is 4.42. The summed E-state index contributed by atoms with van der Waals surface area (Å²) in [5, 5.41) is 2.45. The molecule has 0 radical (unpaired) electrons. The molecule has 0 atom stereocenters. The maximum absolute atomic E-state index is 11.6. The molecule has 90 valence electrons. The number of hydrogen-bond acceptors (Lipinski definition) is 4. The van der Waals surface area contributed by atoms with Crippen molar-refractivity contribution in [1.29, 1.82) is 0 Å². The molecule has 3 N–H and O–H groups in total. The highest BCUT2D eigenvalue weighted by molar-refractivity contribution is 6.20. The van der Waals surface area contributed by atoms with Crippen LogP contribution in [0.4, 0.5) is 10.5 Å². The largest absolute Gasteiger partial charge is 0.495 e. The first kappa shape index (κ1) is 11.4. The lowest BCUT2D eigenvalue weighted by molar-refractivity contribution is -0.115. The van der Waals surface area contributed by atoms with Crippen LogP contribution in [0.3, 0.4) is 0 Å². The third-order valence-electron chi connectivity index (χ3n) is 2.56. The van der Waals surface area contributed by atoms with E-state index in [2.05, 4.69) is 5.32 Å². The van der Waals surface area contributed by atoms with Crippen LogP contribution in [-0.2, 0) is 11.3 Å². The minimum Gasteiger partial charge on any atom is -0.495 e. The minimum atomic E-state index is -0.436. The molecule has 17 heavy (non-hydrogen) atoms. The first-order valence-corrected chi connectivity index (χ1v) is 5.15. The van der Waals surface area contributed by atoms with Gasteiger partial charge >= 0.3 is 6.03 Å².